The number of aryl methyl sites for hydroxylation is 1. The van der Waals surface area contributed by atoms with Gasteiger partial charge in [-0.2, -0.15) is 0 Å². The monoisotopic (exact) mass is 393 g/mol. The molecule has 0 aliphatic carbocycles. The van der Waals surface area contributed by atoms with E-state index in [9.17, 15) is 9.59 Å². The number of carbonyl (C=O) groups excluding carboxylic acids is 2. The van der Waals surface area contributed by atoms with Gasteiger partial charge < -0.3 is 15.5 Å². The van der Waals surface area contributed by atoms with Gasteiger partial charge in [-0.3, -0.25) is 9.59 Å². The Morgan fingerprint density at radius 1 is 1.23 bits per heavy atom. The molecule has 0 spiro atoms. The number of carbonyl (C=O) groups is 2. The van der Waals surface area contributed by atoms with E-state index >= 15 is 0 Å². The minimum absolute atomic E-state index is 0.0101. The Balaban J connectivity index is 1.81. The van der Waals surface area contributed by atoms with Gasteiger partial charge in [0.25, 0.3) is 0 Å². The summed E-state index contributed by atoms with van der Waals surface area (Å²) in [5.74, 6) is -0.123. The number of rotatable bonds is 9. The van der Waals surface area contributed by atoms with Crippen molar-refractivity contribution in [2.24, 2.45) is 0 Å². The average Bonchev–Trinajstić information content (AvgIpc) is 3.07. The molecule has 2 aromatic rings. The molecule has 9 heteroatoms. The number of hydrogen-bond donors (Lipinski definition) is 2. The third kappa shape index (κ3) is 5.99. The molecule has 26 heavy (non-hydrogen) atoms. The number of likely N-dealkylation sites (N-methyl/N-ethyl adjacent to an activating group) is 1. The third-order valence-electron chi connectivity index (χ3n) is 3.53. The first kappa shape index (κ1) is 20.2. The Morgan fingerprint density at radius 2 is 2.00 bits per heavy atom. The zero-order chi connectivity index (χ0) is 18.9. The van der Waals surface area contributed by atoms with Crippen LogP contribution in [0.2, 0.25) is 0 Å². The summed E-state index contributed by atoms with van der Waals surface area (Å²) in [5, 5.41) is 14.7. The highest BCUT2D eigenvalue weighted by Crippen LogP contribution is 2.25. The molecule has 1 aromatic heterocycles. The Kier molecular flexibility index (Phi) is 7.86. The lowest BCUT2D eigenvalue weighted by Crippen LogP contribution is -2.36. The highest BCUT2D eigenvalue weighted by Gasteiger charge is 2.15. The molecule has 0 fully saturated rings. The van der Waals surface area contributed by atoms with Crippen molar-refractivity contribution in [3.05, 3.63) is 29.8 Å². The second kappa shape index (κ2) is 10.1. The number of nitrogens with one attached hydrogen (secondary N) is 2. The van der Waals surface area contributed by atoms with Gasteiger partial charge in [0.05, 0.1) is 12.3 Å². The lowest BCUT2D eigenvalue weighted by molar-refractivity contribution is -0.131. The maximum Gasteiger partial charge on any atom is 0.243 e. The largest absolute Gasteiger partial charge is 0.360 e. The molecule has 2 amide bonds. The van der Waals surface area contributed by atoms with Crippen molar-refractivity contribution >= 4 is 45.7 Å². The standard InChI is InChI=1S/C17H23N5O2S2/c1-4-12-8-6-7-9-13(12)19-14(23)10-22(3)15(24)11-25-17-21-20-16(26-17)18-5-2/h6-9H,4-5,10-11H2,1-3H3,(H,18,20)(H,19,23). The summed E-state index contributed by atoms with van der Waals surface area (Å²) in [6, 6.07) is 7.66. The Hall–Kier alpha value is -2.13. The summed E-state index contributed by atoms with van der Waals surface area (Å²) in [6.45, 7) is 4.80. The van der Waals surface area contributed by atoms with Crippen molar-refractivity contribution in [2.75, 3.05) is 36.5 Å². The maximum absolute atomic E-state index is 12.2. The lowest BCUT2D eigenvalue weighted by Gasteiger charge is -2.17. The van der Waals surface area contributed by atoms with Gasteiger partial charge in [-0.1, -0.05) is 48.2 Å². The SMILES string of the molecule is CCNc1nnc(SCC(=O)N(C)CC(=O)Nc2ccccc2CC)s1. The first-order chi connectivity index (χ1) is 12.5. The molecule has 1 aromatic carbocycles. The Morgan fingerprint density at radius 3 is 2.73 bits per heavy atom. The van der Waals surface area contributed by atoms with Crippen LogP contribution < -0.4 is 10.6 Å². The minimum Gasteiger partial charge on any atom is -0.360 e. The predicted molar refractivity (Wildman–Crippen MR) is 107 cm³/mol. The normalized spacial score (nSPS) is 10.4. The molecular formula is C17H23N5O2S2. The quantitative estimate of drug-likeness (QED) is 0.637. The summed E-state index contributed by atoms with van der Waals surface area (Å²) in [5.41, 5.74) is 1.86. The number of hydrogen-bond acceptors (Lipinski definition) is 7. The van der Waals surface area contributed by atoms with Crippen LogP contribution in [0, 0.1) is 0 Å². The number of thioether (sulfide) groups is 1. The predicted octanol–water partition coefficient (Wildman–Crippen LogP) is 2.72. The summed E-state index contributed by atoms with van der Waals surface area (Å²) in [6.07, 6.45) is 0.832. The minimum atomic E-state index is -0.211. The van der Waals surface area contributed by atoms with Crippen molar-refractivity contribution in [1.29, 1.82) is 0 Å². The Labute approximate surface area is 161 Å². The van der Waals surface area contributed by atoms with E-state index < -0.39 is 0 Å². The van der Waals surface area contributed by atoms with Crippen LogP contribution >= 0.6 is 23.1 Å². The molecule has 0 unspecified atom stereocenters. The number of benzene rings is 1. The van der Waals surface area contributed by atoms with E-state index in [1.807, 2.05) is 38.1 Å². The first-order valence-electron chi connectivity index (χ1n) is 8.35. The van der Waals surface area contributed by atoms with E-state index in [1.165, 1.54) is 28.0 Å². The van der Waals surface area contributed by atoms with E-state index in [0.717, 1.165) is 33.7 Å². The highest BCUT2D eigenvalue weighted by molar-refractivity contribution is 8.01. The van der Waals surface area contributed by atoms with Crippen molar-refractivity contribution in [3.63, 3.8) is 0 Å². The maximum atomic E-state index is 12.2. The lowest BCUT2D eigenvalue weighted by atomic mass is 10.1. The van der Waals surface area contributed by atoms with E-state index in [-0.39, 0.29) is 24.1 Å². The fraction of sp³-hybridized carbons (Fsp3) is 0.412. The molecule has 0 aliphatic heterocycles. The van der Waals surface area contributed by atoms with E-state index in [0.29, 0.717) is 0 Å². The molecule has 140 valence electrons. The summed E-state index contributed by atoms with van der Waals surface area (Å²) < 4.78 is 0.726. The molecule has 0 saturated heterocycles. The van der Waals surface area contributed by atoms with Crippen LogP contribution in [0.5, 0.6) is 0 Å². The fourth-order valence-electron chi connectivity index (χ4n) is 2.17. The van der Waals surface area contributed by atoms with Crippen LogP contribution in [0.4, 0.5) is 10.8 Å². The van der Waals surface area contributed by atoms with Crippen molar-refractivity contribution in [3.8, 4) is 0 Å². The topological polar surface area (TPSA) is 87.2 Å². The molecule has 0 atom stereocenters. The number of nitrogens with zero attached hydrogens (tertiary/aromatic N) is 3. The molecule has 7 nitrogen and oxygen atoms in total. The number of aromatic nitrogens is 2. The first-order valence-corrected chi connectivity index (χ1v) is 10.2. The number of para-hydroxylation sites is 1. The van der Waals surface area contributed by atoms with Gasteiger partial charge in [0.1, 0.15) is 0 Å². The average molecular weight is 394 g/mol. The molecule has 0 bridgehead atoms. The summed E-state index contributed by atoms with van der Waals surface area (Å²) in [4.78, 5) is 25.9. The van der Waals surface area contributed by atoms with E-state index in [1.54, 1.807) is 7.05 Å². The van der Waals surface area contributed by atoms with Gasteiger partial charge in [-0.05, 0) is 25.0 Å². The highest BCUT2D eigenvalue weighted by atomic mass is 32.2. The van der Waals surface area contributed by atoms with Gasteiger partial charge >= 0.3 is 0 Å². The summed E-state index contributed by atoms with van der Waals surface area (Å²) >= 11 is 2.73. The number of anilines is 2. The molecule has 2 N–H and O–H groups in total. The molecule has 0 saturated carbocycles. The van der Waals surface area contributed by atoms with Crippen molar-refractivity contribution < 1.29 is 9.59 Å². The smallest absolute Gasteiger partial charge is 0.243 e. The second-order valence-electron chi connectivity index (χ2n) is 5.50. The van der Waals surface area contributed by atoms with Gasteiger partial charge in [0.2, 0.25) is 16.9 Å². The fourth-order valence-corrected chi connectivity index (χ4v) is 3.93. The Bertz CT molecular complexity index is 750. The van der Waals surface area contributed by atoms with Gasteiger partial charge in [-0.15, -0.1) is 10.2 Å². The second-order valence-corrected chi connectivity index (χ2v) is 7.70. The van der Waals surface area contributed by atoms with E-state index in [4.69, 9.17) is 0 Å². The molecule has 1 heterocycles. The van der Waals surface area contributed by atoms with Crippen LogP contribution in [0.3, 0.4) is 0 Å². The van der Waals surface area contributed by atoms with Gasteiger partial charge in [-0.25, -0.2) is 0 Å². The molecule has 2 rings (SSSR count). The van der Waals surface area contributed by atoms with Crippen molar-refractivity contribution in [2.45, 2.75) is 24.6 Å². The van der Waals surface area contributed by atoms with E-state index in [2.05, 4.69) is 20.8 Å². The van der Waals surface area contributed by atoms with Crippen LogP contribution in [0.1, 0.15) is 19.4 Å². The summed E-state index contributed by atoms with van der Waals surface area (Å²) in [7, 11) is 1.62. The van der Waals surface area contributed by atoms with Crippen molar-refractivity contribution in [1.82, 2.24) is 15.1 Å². The third-order valence-corrected chi connectivity index (χ3v) is 5.53. The molecule has 0 radical (unpaired) electrons. The zero-order valence-corrected chi connectivity index (χ0v) is 16.7. The number of amides is 2. The van der Waals surface area contributed by atoms with Crippen LogP contribution in [-0.4, -0.2) is 52.8 Å². The van der Waals surface area contributed by atoms with Crippen LogP contribution in [0.25, 0.3) is 0 Å². The van der Waals surface area contributed by atoms with Gasteiger partial charge in [0.15, 0.2) is 4.34 Å². The van der Waals surface area contributed by atoms with Crippen LogP contribution in [-0.2, 0) is 16.0 Å². The molecular weight excluding hydrogens is 370 g/mol. The van der Waals surface area contributed by atoms with Gasteiger partial charge in [0, 0.05) is 19.3 Å². The zero-order valence-electron chi connectivity index (χ0n) is 15.1. The van der Waals surface area contributed by atoms with Crippen LogP contribution in [0.15, 0.2) is 28.6 Å². The molecule has 0 aliphatic rings.